The molecule has 0 radical (unpaired) electrons. The number of rotatable bonds is 5. The zero-order chi connectivity index (χ0) is 8.65. The van der Waals surface area contributed by atoms with Gasteiger partial charge < -0.3 is 5.32 Å². The van der Waals surface area contributed by atoms with Crippen LogP contribution in [0, 0.1) is 0 Å². The number of hydrogen-bond acceptors (Lipinski definition) is 0. The van der Waals surface area contributed by atoms with Gasteiger partial charge in [0.1, 0.15) is 0 Å². The first-order valence-electron chi connectivity index (χ1n) is 4.16. The molecular weight excluding hydrogens is 221 g/mol. The second kappa shape index (κ2) is 8.84. The van der Waals surface area contributed by atoms with Crippen molar-refractivity contribution in [1.82, 2.24) is 0 Å². The van der Waals surface area contributed by atoms with E-state index in [9.17, 15) is 0 Å². The van der Waals surface area contributed by atoms with Crippen molar-refractivity contribution < 1.29 is 18.9 Å². The maximum absolute atomic E-state index is 4.40. The molecule has 0 spiro atoms. The third kappa shape index (κ3) is 6.34. The third-order valence-corrected chi connectivity index (χ3v) is 2.15. The Kier molecular flexibility index (Phi) is 9.01. The Morgan fingerprint density at radius 1 is 1.15 bits per heavy atom. The SMILES string of the molecule is BrCCC[N-]Cc1ccccc1.[Li+]. The molecule has 0 heterocycles. The molecule has 0 atom stereocenters. The topological polar surface area (TPSA) is 14.1 Å². The summed E-state index contributed by atoms with van der Waals surface area (Å²) in [6.07, 6.45) is 1.13. The monoisotopic (exact) mass is 233 g/mol. The molecule has 66 valence electrons. The zero-order valence-corrected chi connectivity index (χ0v) is 9.63. The van der Waals surface area contributed by atoms with Gasteiger partial charge in [0.05, 0.1) is 0 Å². The Morgan fingerprint density at radius 2 is 1.85 bits per heavy atom. The molecule has 0 aliphatic rings. The van der Waals surface area contributed by atoms with Crippen molar-refractivity contribution in [2.24, 2.45) is 0 Å². The van der Waals surface area contributed by atoms with Crippen molar-refractivity contribution in [2.45, 2.75) is 13.0 Å². The van der Waals surface area contributed by atoms with Crippen LogP contribution in [0.2, 0.25) is 0 Å². The largest absolute Gasteiger partial charge is 1.00 e. The summed E-state index contributed by atoms with van der Waals surface area (Å²) in [5, 5.41) is 5.45. The molecule has 0 N–H and O–H groups in total. The number of halogens is 1. The van der Waals surface area contributed by atoms with E-state index in [1.165, 1.54) is 5.56 Å². The van der Waals surface area contributed by atoms with Gasteiger partial charge in [0.25, 0.3) is 0 Å². The van der Waals surface area contributed by atoms with Crippen molar-refractivity contribution in [3.8, 4) is 0 Å². The van der Waals surface area contributed by atoms with Gasteiger partial charge in [-0.2, -0.15) is 0 Å². The first-order chi connectivity index (χ1) is 5.93. The van der Waals surface area contributed by atoms with Crippen LogP contribution in [-0.2, 0) is 6.54 Å². The fourth-order valence-corrected chi connectivity index (χ4v) is 1.21. The van der Waals surface area contributed by atoms with Gasteiger partial charge in [-0.25, -0.2) is 0 Å². The minimum Gasteiger partial charge on any atom is -0.658 e. The average molecular weight is 234 g/mol. The molecule has 0 aliphatic carbocycles. The van der Waals surface area contributed by atoms with Gasteiger partial charge in [-0.3, -0.25) is 0 Å². The van der Waals surface area contributed by atoms with Crippen LogP contribution in [0.5, 0.6) is 0 Å². The van der Waals surface area contributed by atoms with Crippen LogP contribution < -0.4 is 18.9 Å². The van der Waals surface area contributed by atoms with E-state index in [1.54, 1.807) is 0 Å². The molecule has 0 fully saturated rings. The van der Waals surface area contributed by atoms with Crippen molar-refractivity contribution in [3.05, 3.63) is 41.2 Å². The van der Waals surface area contributed by atoms with E-state index < -0.39 is 0 Å². The summed E-state index contributed by atoms with van der Waals surface area (Å²) in [4.78, 5) is 0. The van der Waals surface area contributed by atoms with E-state index in [0.29, 0.717) is 0 Å². The summed E-state index contributed by atoms with van der Waals surface area (Å²) in [5.41, 5.74) is 1.30. The number of hydrogen-bond donors (Lipinski definition) is 0. The van der Waals surface area contributed by atoms with Crippen LogP contribution in [0.15, 0.2) is 30.3 Å². The van der Waals surface area contributed by atoms with E-state index in [2.05, 4.69) is 45.5 Å². The normalized spacial score (nSPS) is 9.31. The first-order valence-corrected chi connectivity index (χ1v) is 5.29. The van der Waals surface area contributed by atoms with Crippen LogP contribution >= 0.6 is 15.9 Å². The molecule has 1 rings (SSSR count). The fraction of sp³-hybridized carbons (Fsp3) is 0.400. The molecule has 0 saturated heterocycles. The molecule has 3 heteroatoms. The van der Waals surface area contributed by atoms with Crippen LogP contribution in [0.4, 0.5) is 0 Å². The standard InChI is InChI=1S/C10H13BrN.Li/c11-7-4-8-12-9-10-5-2-1-3-6-10;/h1-3,5-6H,4,7-9H2;/q-1;+1. The summed E-state index contributed by atoms with van der Waals surface area (Å²) >= 11 is 3.38. The Morgan fingerprint density at radius 3 is 2.46 bits per heavy atom. The Hall–Kier alpha value is 0.257. The summed E-state index contributed by atoms with van der Waals surface area (Å²) < 4.78 is 0. The smallest absolute Gasteiger partial charge is 0.658 e. The molecule has 0 aromatic heterocycles. The second-order valence-electron chi connectivity index (χ2n) is 2.63. The van der Waals surface area contributed by atoms with Crippen molar-refractivity contribution in [1.29, 1.82) is 0 Å². The van der Waals surface area contributed by atoms with Crippen molar-refractivity contribution in [3.63, 3.8) is 0 Å². The van der Waals surface area contributed by atoms with Crippen LogP contribution in [0.3, 0.4) is 0 Å². The number of nitrogens with zero attached hydrogens (tertiary/aromatic N) is 1. The predicted molar refractivity (Wildman–Crippen MR) is 56.8 cm³/mol. The molecule has 0 saturated carbocycles. The van der Waals surface area contributed by atoms with Crippen LogP contribution in [0.1, 0.15) is 12.0 Å². The van der Waals surface area contributed by atoms with Crippen LogP contribution in [0.25, 0.3) is 5.32 Å². The molecular formula is C10H13BrLiN. The molecule has 0 aliphatic heterocycles. The van der Waals surface area contributed by atoms with Gasteiger partial charge in [0, 0.05) is 5.33 Å². The maximum Gasteiger partial charge on any atom is 1.00 e. The fourth-order valence-electron chi connectivity index (χ4n) is 0.963. The summed E-state index contributed by atoms with van der Waals surface area (Å²) in [6, 6.07) is 10.3. The van der Waals surface area contributed by atoms with Gasteiger partial charge in [0.15, 0.2) is 0 Å². The van der Waals surface area contributed by atoms with E-state index in [-0.39, 0.29) is 18.9 Å². The molecule has 1 aromatic carbocycles. The quantitative estimate of drug-likeness (QED) is 0.396. The van der Waals surface area contributed by atoms with E-state index in [0.717, 1.165) is 24.8 Å². The van der Waals surface area contributed by atoms with E-state index >= 15 is 0 Å². The number of benzene rings is 1. The van der Waals surface area contributed by atoms with Gasteiger partial charge in [0.2, 0.25) is 0 Å². The second-order valence-corrected chi connectivity index (χ2v) is 3.43. The van der Waals surface area contributed by atoms with Crippen molar-refractivity contribution >= 4 is 15.9 Å². The van der Waals surface area contributed by atoms with E-state index in [4.69, 9.17) is 0 Å². The van der Waals surface area contributed by atoms with Crippen LogP contribution in [-0.4, -0.2) is 11.9 Å². The molecule has 1 aromatic rings. The maximum atomic E-state index is 4.40. The van der Waals surface area contributed by atoms with Gasteiger partial charge in [-0.15, -0.1) is 13.1 Å². The minimum atomic E-state index is 0. The summed E-state index contributed by atoms with van der Waals surface area (Å²) in [6.45, 7) is 1.81. The molecule has 0 unspecified atom stereocenters. The van der Waals surface area contributed by atoms with Gasteiger partial charge in [-0.05, 0) is 0 Å². The minimum absolute atomic E-state index is 0. The Balaban J connectivity index is 0.00000144. The third-order valence-electron chi connectivity index (χ3n) is 1.59. The predicted octanol–water partition coefficient (Wildman–Crippen LogP) is 0.349. The van der Waals surface area contributed by atoms with Gasteiger partial charge in [-0.1, -0.05) is 58.2 Å². The van der Waals surface area contributed by atoms with Crippen molar-refractivity contribution in [2.75, 3.05) is 11.9 Å². The average Bonchev–Trinajstić information content (AvgIpc) is 2.14. The summed E-state index contributed by atoms with van der Waals surface area (Å²) in [5.74, 6) is 0. The first kappa shape index (κ1) is 13.3. The molecule has 13 heavy (non-hydrogen) atoms. The molecule has 1 nitrogen and oxygen atoms in total. The Labute approximate surface area is 101 Å². The Bertz CT molecular complexity index is 203. The van der Waals surface area contributed by atoms with Gasteiger partial charge >= 0.3 is 18.9 Å². The zero-order valence-electron chi connectivity index (χ0n) is 8.04. The molecule has 0 bridgehead atoms. The summed E-state index contributed by atoms with van der Waals surface area (Å²) in [7, 11) is 0. The van der Waals surface area contributed by atoms with E-state index in [1.807, 2.05) is 6.07 Å². The molecule has 0 amide bonds. The number of alkyl halides is 1.